The Morgan fingerprint density at radius 1 is 1.09 bits per heavy atom. The minimum Gasteiger partial charge on any atom is -0.309 e. The number of nitrogens with zero attached hydrogens (tertiary/aromatic N) is 3. The number of sulfone groups is 1. The van der Waals surface area contributed by atoms with Crippen LogP contribution in [0, 0.1) is 5.82 Å². The summed E-state index contributed by atoms with van der Waals surface area (Å²) in [6, 6.07) is 10.7. The zero-order valence-electron chi connectivity index (χ0n) is 17.9. The van der Waals surface area contributed by atoms with Gasteiger partial charge in [-0.25, -0.2) is 17.8 Å². The Bertz CT molecular complexity index is 1180. The van der Waals surface area contributed by atoms with E-state index in [2.05, 4.69) is 4.98 Å². The number of hydrogen-bond acceptors (Lipinski definition) is 6. The maximum Gasteiger partial charge on any atom is 0.228 e. The summed E-state index contributed by atoms with van der Waals surface area (Å²) in [5.74, 6) is -0.810. The van der Waals surface area contributed by atoms with Crippen LogP contribution in [-0.2, 0) is 14.6 Å². The van der Waals surface area contributed by atoms with Crippen molar-refractivity contribution < 1.29 is 17.6 Å². The summed E-state index contributed by atoms with van der Waals surface area (Å²) in [6.07, 6.45) is 0.931. The summed E-state index contributed by atoms with van der Waals surface area (Å²) in [7, 11) is 0.375. The smallest absolute Gasteiger partial charge is 0.228 e. The predicted molar refractivity (Wildman–Crippen MR) is 128 cm³/mol. The van der Waals surface area contributed by atoms with Crippen molar-refractivity contribution >= 4 is 54.0 Å². The lowest BCUT2D eigenvalue weighted by Gasteiger charge is -2.21. The van der Waals surface area contributed by atoms with Crippen molar-refractivity contribution in [3.8, 4) is 0 Å². The van der Waals surface area contributed by atoms with Crippen molar-refractivity contribution in [2.75, 3.05) is 37.8 Å². The molecule has 0 bridgehead atoms. The molecule has 0 aliphatic rings. The van der Waals surface area contributed by atoms with Crippen LogP contribution in [0.25, 0.3) is 10.2 Å². The van der Waals surface area contributed by atoms with Gasteiger partial charge in [0.15, 0.2) is 15.0 Å². The highest BCUT2D eigenvalue weighted by atomic mass is 35.5. The van der Waals surface area contributed by atoms with Gasteiger partial charge in [-0.2, -0.15) is 0 Å². The summed E-state index contributed by atoms with van der Waals surface area (Å²) in [5.41, 5.74) is 0.239. The average Bonchev–Trinajstić information content (AvgIpc) is 3.16. The van der Waals surface area contributed by atoms with E-state index in [-0.39, 0.29) is 34.9 Å². The lowest BCUT2D eigenvalue weighted by atomic mass is 10.3. The van der Waals surface area contributed by atoms with Crippen molar-refractivity contribution in [2.45, 2.75) is 24.2 Å². The second kappa shape index (κ2) is 10.7. The van der Waals surface area contributed by atoms with Gasteiger partial charge >= 0.3 is 0 Å². The summed E-state index contributed by atoms with van der Waals surface area (Å²) in [6.45, 7) is 1.19. The predicted octanol–water partition coefficient (Wildman–Crippen LogP) is 4.63. The molecule has 10 heteroatoms. The van der Waals surface area contributed by atoms with Crippen LogP contribution in [0.15, 0.2) is 47.4 Å². The third-order valence-corrected chi connectivity index (χ3v) is 7.97. The Balaban J connectivity index is 1.71. The number of amides is 1. The number of fused-ring (bicyclic) bond motifs is 1. The van der Waals surface area contributed by atoms with E-state index in [0.29, 0.717) is 27.8 Å². The molecule has 0 saturated carbocycles. The third-order valence-electron chi connectivity index (χ3n) is 4.85. The molecular formula is C22H25ClFN3O3S2. The number of carbonyl (C=O) groups excluding carboxylic acids is 1. The van der Waals surface area contributed by atoms with Crippen LogP contribution in [-0.4, -0.2) is 57.1 Å². The number of hydrogen-bond donors (Lipinski definition) is 0. The van der Waals surface area contributed by atoms with Crippen LogP contribution >= 0.6 is 22.9 Å². The summed E-state index contributed by atoms with van der Waals surface area (Å²) >= 11 is 7.08. The number of rotatable bonds is 10. The van der Waals surface area contributed by atoms with Gasteiger partial charge in [0, 0.05) is 18.0 Å². The lowest BCUT2D eigenvalue weighted by Crippen LogP contribution is -2.33. The number of benzene rings is 2. The molecule has 2 aromatic carbocycles. The van der Waals surface area contributed by atoms with E-state index in [1.807, 2.05) is 19.0 Å². The molecule has 1 heterocycles. The maximum atomic E-state index is 14.1. The molecule has 32 heavy (non-hydrogen) atoms. The van der Waals surface area contributed by atoms with Gasteiger partial charge in [0.05, 0.1) is 15.3 Å². The number of carbonyl (C=O) groups is 1. The Morgan fingerprint density at radius 2 is 1.81 bits per heavy atom. The van der Waals surface area contributed by atoms with Gasteiger partial charge in [0.1, 0.15) is 11.3 Å². The van der Waals surface area contributed by atoms with E-state index in [4.69, 9.17) is 11.6 Å². The SMILES string of the molecule is CN(C)CCCN(C(=O)CCCS(=O)(=O)c1ccc(Cl)cc1)c1nc2c(F)cccc2s1. The minimum atomic E-state index is -3.52. The molecule has 3 rings (SSSR count). The molecule has 0 N–H and O–H groups in total. The fraction of sp³-hybridized carbons (Fsp3) is 0.364. The Hall–Kier alpha value is -2.07. The van der Waals surface area contributed by atoms with E-state index in [1.54, 1.807) is 17.0 Å². The van der Waals surface area contributed by atoms with Crippen LogP contribution in [0.1, 0.15) is 19.3 Å². The van der Waals surface area contributed by atoms with E-state index >= 15 is 0 Å². The highest BCUT2D eigenvalue weighted by Gasteiger charge is 2.22. The molecule has 0 atom stereocenters. The van der Waals surface area contributed by atoms with Crippen LogP contribution in [0.3, 0.4) is 0 Å². The van der Waals surface area contributed by atoms with E-state index < -0.39 is 15.7 Å². The van der Waals surface area contributed by atoms with Crippen LogP contribution < -0.4 is 4.90 Å². The number of halogens is 2. The van der Waals surface area contributed by atoms with Gasteiger partial charge < -0.3 is 4.90 Å². The van der Waals surface area contributed by atoms with Crippen LogP contribution in [0.2, 0.25) is 5.02 Å². The number of aromatic nitrogens is 1. The molecule has 0 fully saturated rings. The van der Waals surface area contributed by atoms with Gasteiger partial charge in [0.2, 0.25) is 5.91 Å². The largest absolute Gasteiger partial charge is 0.309 e. The molecule has 0 aliphatic heterocycles. The summed E-state index contributed by atoms with van der Waals surface area (Å²) < 4.78 is 39.8. The van der Waals surface area contributed by atoms with Gasteiger partial charge in [-0.3, -0.25) is 9.69 Å². The van der Waals surface area contributed by atoms with E-state index in [1.165, 1.54) is 41.7 Å². The Kier molecular flexibility index (Phi) is 8.21. The molecule has 0 spiro atoms. The first-order valence-corrected chi connectivity index (χ1v) is 13.0. The topological polar surface area (TPSA) is 70.6 Å². The molecular weight excluding hydrogens is 473 g/mol. The molecule has 1 amide bonds. The summed E-state index contributed by atoms with van der Waals surface area (Å²) in [4.78, 5) is 21.1. The molecule has 6 nitrogen and oxygen atoms in total. The van der Waals surface area contributed by atoms with E-state index in [0.717, 1.165) is 6.54 Å². The molecule has 0 radical (unpaired) electrons. The van der Waals surface area contributed by atoms with E-state index in [9.17, 15) is 17.6 Å². The molecule has 0 aliphatic carbocycles. The zero-order valence-corrected chi connectivity index (χ0v) is 20.3. The molecule has 1 aromatic heterocycles. The maximum absolute atomic E-state index is 14.1. The molecule has 3 aromatic rings. The fourth-order valence-corrected chi connectivity index (χ4v) is 5.66. The van der Waals surface area contributed by atoms with Crippen molar-refractivity contribution in [1.82, 2.24) is 9.88 Å². The fourth-order valence-electron chi connectivity index (χ4n) is 3.20. The van der Waals surface area contributed by atoms with Crippen molar-refractivity contribution in [1.29, 1.82) is 0 Å². The minimum absolute atomic E-state index is 0.0488. The normalized spacial score (nSPS) is 11.9. The lowest BCUT2D eigenvalue weighted by molar-refractivity contribution is -0.118. The van der Waals surface area contributed by atoms with Crippen LogP contribution in [0.4, 0.5) is 9.52 Å². The number of anilines is 1. The van der Waals surface area contributed by atoms with Gasteiger partial charge in [0.25, 0.3) is 0 Å². The third kappa shape index (κ3) is 6.25. The number of thiazole rings is 1. The highest BCUT2D eigenvalue weighted by Crippen LogP contribution is 2.31. The second-order valence-corrected chi connectivity index (χ2v) is 11.2. The van der Waals surface area contributed by atoms with Gasteiger partial charge in [-0.15, -0.1) is 0 Å². The second-order valence-electron chi connectivity index (χ2n) is 7.66. The first-order valence-electron chi connectivity index (χ1n) is 10.2. The zero-order chi connectivity index (χ0) is 23.3. The summed E-state index contributed by atoms with van der Waals surface area (Å²) in [5, 5.41) is 0.883. The standard InChI is InChI=1S/C22H25ClFN3O3S2/c1-26(2)13-5-14-27(22-25-21-18(24)6-3-7-19(21)31-22)20(28)8-4-15-32(29,30)17-11-9-16(23)10-12-17/h3,6-7,9-12H,4-5,8,13-15H2,1-2H3. The molecule has 0 unspecified atom stereocenters. The first kappa shape index (κ1) is 24.6. The molecule has 172 valence electrons. The Labute approximate surface area is 196 Å². The monoisotopic (exact) mass is 497 g/mol. The molecule has 0 saturated heterocycles. The van der Waals surface area contributed by atoms with Crippen molar-refractivity contribution in [3.05, 3.63) is 53.3 Å². The highest BCUT2D eigenvalue weighted by molar-refractivity contribution is 7.91. The Morgan fingerprint density at radius 3 is 2.47 bits per heavy atom. The van der Waals surface area contributed by atoms with Crippen LogP contribution in [0.5, 0.6) is 0 Å². The van der Waals surface area contributed by atoms with Crippen molar-refractivity contribution in [3.63, 3.8) is 0 Å². The van der Waals surface area contributed by atoms with Crippen molar-refractivity contribution in [2.24, 2.45) is 0 Å². The van der Waals surface area contributed by atoms with Gasteiger partial charge in [-0.05, 0) is 69.9 Å². The average molecular weight is 498 g/mol. The first-order chi connectivity index (χ1) is 15.2. The number of para-hydroxylation sites is 1. The quantitative estimate of drug-likeness (QED) is 0.408. The van der Waals surface area contributed by atoms with Gasteiger partial charge in [-0.1, -0.05) is 29.0 Å².